The summed E-state index contributed by atoms with van der Waals surface area (Å²) < 4.78 is 5.76. The van der Waals surface area contributed by atoms with Gasteiger partial charge in [-0.25, -0.2) is 0 Å². The third-order valence-corrected chi connectivity index (χ3v) is 3.86. The summed E-state index contributed by atoms with van der Waals surface area (Å²) >= 11 is 5.92. The third kappa shape index (κ3) is 4.52. The van der Waals surface area contributed by atoms with Crippen LogP contribution in [0.25, 0.3) is 0 Å². The van der Waals surface area contributed by atoms with Crippen LogP contribution in [0.1, 0.15) is 15.9 Å². The van der Waals surface area contributed by atoms with E-state index in [1.807, 2.05) is 54.6 Å². The van der Waals surface area contributed by atoms with Crippen molar-refractivity contribution in [1.29, 1.82) is 0 Å². The van der Waals surface area contributed by atoms with E-state index in [4.69, 9.17) is 22.1 Å². The van der Waals surface area contributed by atoms with Gasteiger partial charge in [-0.3, -0.25) is 4.79 Å². The van der Waals surface area contributed by atoms with Crippen LogP contribution in [0.2, 0.25) is 5.02 Å². The Balaban J connectivity index is 1.68. The number of primary amides is 1. The predicted molar refractivity (Wildman–Crippen MR) is 100 cm³/mol. The molecule has 0 unspecified atom stereocenters. The highest BCUT2D eigenvalue weighted by Crippen LogP contribution is 2.25. The first-order valence-electron chi connectivity index (χ1n) is 7.75. The van der Waals surface area contributed by atoms with E-state index in [9.17, 15) is 4.79 Å². The molecular formula is C20H17ClN2O2. The fraction of sp³-hybridized carbons (Fsp3) is 0.0500. The number of rotatable bonds is 6. The van der Waals surface area contributed by atoms with Gasteiger partial charge in [0.2, 0.25) is 0 Å². The largest absolute Gasteiger partial charge is 0.489 e. The van der Waals surface area contributed by atoms with Gasteiger partial charge in [0.1, 0.15) is 12.4 Å². The Kier molecular flexibility index (Phi) is 5.21. The van der Waals surface area contributed by atoms with Crippen molar-refractivity contribution < 1.29 is 9.53 Å². The molecule has 0 atom stereocenters. The first-order valence-corrected chi connectivity index (χ1v) is 8.13. The zero-order chi connectivity index (χ0) is 17.6. The Morgan fingerprint density at radius 3 is 2.40 bits per heavy atom. The molecule has 0 saturated carbocycles. The lowest BCUT2D eigenvalue weighted by Crippen LogP contribution is -2.13. The molecule has 3 N–H and O–H groups in total. The second-order valence-electron chi connectivity index (χ2n) is 5.48. The highest BCUT2D eigenvalue weighted by atomic mass is 35.5. The summed E-state index contributed by atoms with van der Waals surface area (Å²) in [6.45, 7) is 0.511. The Labute approximate surface area is 151 Å². The van der Waals surface area contributed by atoms with Crippen molar-refractivity contribution in [2.24, 2.45) is 5.73 Å². The van der Waals surface area contributed by atoms with Crippen LogP contribution in [0.15, 0.2) is 72.8 Å². The molecule has 0 fully saturated rings. The molecule has 0 bridgehead atoms. The molecule has 4 nitrogen and oxygen atoms in total. The van der Waals surface area contributed by atoms with E-state index >= 15 is 0 Å². The monoisotopic (exact) mass is 352 g/mol. The van der Waals surface area contributed by atoms with Gasteiger partial charge in [-0.05, 0) is 48.0 Å². The topological polar surface area (TPSA) is 64.4 Å². The maximum Gasteiger partial charge on any atom is 0.250 e. The molecule has 5 heteroatoms. The Bertz CT molecular complexity index is 865. The summed E-state index contributed by atoms with van der Waals surface area (Å²) in [5.41, 5.74) is 8.27. The third-order valence-electron chi connectivity index (χ3n) is 3.63. The van der Waals surface area contributed by atoms with Crippen LogP contribution in [-0.4, -0.2) is 5.91 Å². The summed E-state index contributed by atoms with van der Waals surface area (Å²) in [6.07, 6.45) is 0. The molecule has 0 heterocycles. The first kappa shape index (κ1) is 16.9. The molecule has 3 aromatic rings. The zero-order valence-electron chi connectivity index (χ0n) is 13.4. The minimum atomic E-state index is -0.534. The van der Waals surface area contributed by atoms with Crippen LogP contribution >= 0.6 is 11.6 Å². The minimum Gasteiger partial charge on any atom is -0.489 e. The van der Waals surface area contributed by atoms with Gasteiger partial charge in [-0.15, -0.1) is 0 Å². The van der Waals surface area contributed by atoms with Crippen molar-refractivity contribution in [1.82, 2.24) is 0 Å². The number of carbonyl (C=O) groups is 1. The quantitative estimate of drug-likeness (QED) is 0.672. The van der Waals surface area contributed by atoms with Gasteiger partial charge in [-0.1, -0.05) is 41.9 Å². The summed E-state index contributed by atoms with van der Waals surface area (Å²) in [6, 6.07) is 22.4. The molecule has 1 amide bonds. The number of carbonyl (C=O) groups excluding carboxylic acids is 1. The zero-order valence-corrected chi connectivity index (χ0v) is 14.2. The van der Waals surface area contributed by atoms with E-state index in [-0.39, 0.29) is 0 Å². The van der Waals surface area contributed by atoms with Crippen LogP contribution in [0.5, 0.6) is 5.75 Å². The van der Waals surface area contributed by atoms with Gasteiger partial charge >= 0.3 is 0 Å². The lowest BCUT2D eigenvalue weighted by molar-refractivity contribution is 0.100. The summed E-state index contributed by atoms with van der Waals surface area (Å²) in [5, 5.41) is 3.63. The summed E-state index contributed by atoms with van der Waals surface area (Å²) in [7, 11) is 0. The SMILES string of the molecule is NC(=O)c1cc(Cl)ccc1Nc1ccc(OCc2ccccc2)cc1. The number of hydrogen-bond acceptors (Lipinski definition) is 3. The Morgan fingerprint density at radius 1 is 1.00 bits per heavy atom. The second-order valence-corrected chi connectivity index (χ2v) is 5.91. The standard InChI is InChI=1S/C20H17ClN2O2/c21-15-6-11-19(18(12-15)20(22)24)23-16-7-9-17(10-8-16)25-13-14-4-2-1-3-5-14/h1-12,23H,13H2,(H2,22,24). The normalized spacial score (nSPS) is 10.3. The summed E-state index contributed by atoms with van der Waals surface area (Å²) in [5.74, 6) is 0.230. The number of hydrogen-bond donors (Lipinski definition) is 2. The number of benzene rings is 3. The van der Waals surface area contributed by atoms with Crippen LogP contribution < -0.4 is 15.8 Å². The molecule has 0 spiro atoms. The number of anilines is 2. The average Bonchev–Trinajstić information content (AvgIpc) is 2.63. The van der Waals surface area contributed by atoms with Crippen molar-refractivity contribution in [3.63, 3.8) is 0 Å². The van der Waals surface area contributed by atoms with Crippen LogP contribution in [0, 0.1) is 0 Å². The second kappa shape index (κ2) is 7.73. The van der Waals surface area contributed by atoms with E-state index < -0.39 is 5.91 Å². The van der Waals surface area contributed by atoms with Crippen LogP contribution in [0.3, 0.4) is 0 Å². The number of nitrogens with one attached hydrogen (secondary N) is 1. The van der Waals surface area contributed by atoms with E-state index in [0.717, 1.165) is 17.0 Å². The van der Waals surface area contributed by atoms with Crippen LogP contribution in [-0.2, 0) is 6.61 Å². The van der Waals surface area contributed by atoms with E-state index in [0.29, 0.717) is 22.9 Å². The van der Waals surface area contributed by atoms with Crippen molar-refractivity contribution in [2.45, 2.75) is 6.61 Å². The maximum absolute atomic E-state index is 11.5. The molecular weight excluding hydrogens is 336 g/mol. The molecule has 0 aliphatic rings. The van der Waals surface area contributed by atoms with E-state index in [2.05, 4.69) is 5.32 Å². The van der Waals surface area contributed by atoms with Crippen molar-refractivity contribution in [3.05, 3.63) is 88.9 Å². The maximum atomic E-state index is 11.5. The van der Waals surface area contributed by atoms with Gasteiger partial charge in [0.15, 0.2) is 0 Å². The van der Waals surface area contributed by atoms with Gasteiger partial charge < -0.3 is 15.8 Å². The molecule has 0 aliphatic heterocycles. The van der Waals surface area contributed by atoms with Crippen LogP contribution in [0.4, 0.5) is 11.4 Å². The Morgan fingerprint density at radius 2 is 1.72 bits per heavy atom. The van der Waals surface area contributed by atoms with Gasteiger partial charge in [0.05, 0.1) is 11.3 Å². The number of ether oxygens (including phenoxy) is 1. The highest BCUT2D eigenvalue weighted by Gasteiger charge is 2.09. The number of halogens is 1. The van der Waals surface area contributed by atoms with Crippen molar-refractivity contribution in [2.75, 3.05) is 5.32 Å². The molecule has 126 valence electrons. The molecule has 3 rings (SSSR count). The predicted octanol–water partition coefficient (Wildman–Crippen LogP) is 4.76. The molecule has 0 saturated heterocycles. The first-order chi connectivity index (χ1) is 12.1. The smallest absolute Gasteiger partial charge is 0.250 e. The molecule has 25 heavy (non-hydrogen) atoms. The lowest BCUT2D eigenvalue weighted by atomic mass is 10.1. The van der Waals surface area contributed by atoms with Gasteiger partial charge in [-0.2, -0.15) is 0 Å². The highest BCUT2D eigenvalue weighted by molar-refractivity contribution is 6.31. The molecule has 0 radical (unpaired) electrons. The van der Waals surface area contributed by atoms with E-state index in [1.54, 1.807) is 18.2 Å². The number of nitrogens with two attached hydrogens (primary N) is 1. The molecule has 3 aromatic carbocycles. The Hall–Kier alpha value is -2.98. The fourth-order valence-electron chi connectivity index (χ4n) is 2.36. The van der Waals surface area contributed by atoms with E-state index in [1.165, 1.54) is 0 Å². The average molecular weight is 353 g/mol. The van der Waals surface area contributed by atoms with Crippen molar-refractivity contribution in [3.8, 4) is 5.75 Å². The summed E-state index contributed by atoms with van der Waals surface area (Å²) in [4.78, 5) is 11.5. The number of amides is 1. The molecule has 0 aromatic heterocycles. The fourth-order valence-corrected chi connectivity index (χ4v) is 2.53. The minimum absolute atomic E-state index is 0.344. The van der Waals surface area contributed by atoms with Crippen molar-refractivity contribution >= 4 is 28.9 Å². The molecule has 0 aliphatic carbocycles. The lowest BCUT2D eigenvalue weighted by Gasteiger charge is -2.12. The van der Waals surface area contributed by atoms with Gasteiger partial charge in [0, 0.05) is 10.7 Å². The van der Waals surface area contributed by atoms with Gasteiger partial charge in [0.25, 0.3) is 5.91 Å².